The lowest BCUT2D eigenvalue weighted by Crippen LogP contribution is -2.29. The van der Waals surface area contributed by atoms with Gasteiger partial charge < -0.3 is 13.9 Å². The predicted molar refractivity (Wildman–Crippen MR) is 129 cm³/mol. The molecule has 3 heterocycles. The third kappa shape index (κ3) is 3.62. The number of aromatic nitrogens is 2. The first kappa shape index (κ1) is 22.1. The minimum absolute atomic E-state index is 0.00575. The summed E-state index contributed by atoms with van der Waals surface area (Å²) >= 11 is 1.32. The van der Waals surface area contributed by atoms with E-state index in [0.717, 1.165) is 10.6 Å². The molecule has 34 heavy (non-hydrogen) atoms. The molecule has 1 amide bonds. The van der Waals surface area contributed by atoms with Gasteiger partial charge in [0.25, 0.3) is 5.91 Å². The summed E-state index contributed by atoms with van der Waals surface area (Å²) in [4.78, 5) is 28.9. The molecule has 0 radical (unpaired) electrons. The second-order valence-electron chi connectivity index (χ2n) is 7.68. The molecule has 5 rings (SSSR count). The number of carbonyl (C=O) groups excluding carboxylic acids is 1. The molecule has 1 atom stereocenters. The molecule has 1 unspecified atom stereocenters. The van der Waals surface area contributed by atoms with Crippen LogP contribution in [0, 0.1) is 0 Å². The van der Waals surface area contributed by atoms with Crippen LogP contribution >= 0.6 is 11.3 Å². The fourth-order valence-corrected chi connectivity index (χ4v) is 4.95. The Morgan fingerprint density at radius 3 is 2.47 bits per heavy atom. The van der Waals surface area contributed by atoms with E-state index >= 15 is 0 Å². The topological polar surface area (TPSA) is 94.8 Å². The summed E-state index contributed by atoms with van der Waals surface area (Å²) in [6, 6.07) is 11.7. The number of fused-ring (bicyclic) bond motifs is 2. The predicted octanol–water partition coefficient (Wildman–Crippen LogP) is 4.75. The van der Waals surface area contributed by atoms with Gasteiger partial charge in [0.15, 0.2) is 5.43 Å². The average Bonchev–Trinajstić information content (AvgIpc) is 3.42. The molecule has 0 N–H and O–H groups in total. The molecule has 0 aliphatic carbocycles. The quantitative estimate of drug-likeness (QED) is 0.379. The molecule has 174 valence electrons. The second-order valence-corrected chi connectivity index (χ2v) is 8.72. The van der Waals surface area contributed by atoms with E-state index in [-0.39, 0.29) is 16.8 Å². The number of amides is 1. The number of nitrogens with zero attached hydrogens (tertiary/aromatic N) is 3. The summed E-state index contributed by atoms with van der Waals surface area (Å²) in [5, 5.41) is 10.0. The van der Waals surface area contributed by atoms with E-state index in [0.29, 0.717) is 47.2 Å². The largest absolute Gasteiger partial charge is 0.494 e. The Bertz CT molecular complexity index is 1440. The maximum absolute atomic E-state index is 13.7. The van der Waals surface area contributed by atoms with Gasteiger partial charge in [0.05, 0.1) is 30.2 Å². The number of anilines is 1. The molecule has 0 spiro atoms. The molecule has 0 saturated heterocycles. The van der Waals surface area contributed by atoms with Crippen molar-refractivity contribution in [1.82, 2.24) is 10.2 Å². The second kappa shape index (κ2) is 8.90. The van der Waals surface area contributed by atoms with Gasteiger partial charge in [0.1, 0.15) is 22.1 Å². The van der Waals surface area contributed by atoms with Gasteiger partial charge in [0, 0.05) is 6.07 Å². The molecule has 1 aliphatic heterocycles. The van der Waals surface area contributed by atoms with Crippen molar-refractivity contribution in [3.8, 4) is 11.5 Å². The van der Waals surface area contributed by atoms with Gasteiger partial charge in [-0.15, -0.1) is 10.2 Å². The Hall–Kier alpha value is -3.72. The summed E-state index contributed by atoms with van der Waals surface area (Å²) in [6.07, 6.45) is 0.693. The van der Waals surface area contributed by atoms with Crippen LogP contribution in [0.25, 0.3) is 11.0 Å². The standard InChI is InChI=1S/C25H23N3O5S/c1-4-19-26-27-25(34-19)28-21(14-8-7-9-15(12-14)31-5-2)20-22(29)17-11-10-16(32-6-3)13-18(17)33-23(20)24(28)30/h7-13,21H,4-6H2,1-3H3. The van der Waals surface area contributed by atoms with Crippen LogP contribution in [0.15, 0.2) is 51.7 Å². The molecular weight excluding hydrogens is 454 g/mol. The summed E-state index contributed by atoms with van der Waals surface area (Å²) < 4.78 is 17.3. The van der Waals surface area contributed by atoms with E-state index in [2.05, 4.69) is 10.2 Å². The number of hydrogen-bond acceptors (Lipinski definition) is 8. The van der Waals surface area contributed by atoms with Crippen LogP contribution in [-0.2, 0) is 6.42 Å². The van der Waals surface area contributed by atoms with Gasteiger partial charge in [-0.1, -0.05) is 30.4 Å². The minimum Gasteiger partial charge on any atom is -0.494 e. The number of aryl methyl sites for hydroxylation is 1. The van der Waals surface area contributed by atoms with Crippen molar-refractivity contribution in [2.45, 2.75) is 33.2 Å². The fraction of sp³-hybridized carbons (Fsp3) is 0.280. The van der Waals surface area contributed by atoms with Crippen LogP contribution < -0.4 is 19.8 Å². The molecular formula is C25H23N3O5S. The van der Waals surface area contributed by atoms with Gasteiger partial charge >= 0.3 is 0 Å². The maximum Gasteiger partial charge on any atom is 0.297 e. The van der Waals surface area contributed by atoms with Gasteiger partial charge in [-0.25, -0.2) is 0 Å². The van der Waals surface area contributed by atoms with Crippen molar-refractivity contribution in [1.29, 1.82) is 0 Å². The third-order valence-corrected chi connectivity index (χ3v) is 6.67. The van der Waals surface area contributed by atoms with Crippen LogP contribution in [-0.4, -0.2) is 29.3 Å². The molecule has 8 nitrogen and oxygen atoms in total. The van der Waals surface area contributed by atoms with E-state index in [1.54, 1.807) is 18.2 Å². The third-order valence-electron chi connectivity index (χ3n) is 5.60. The van der Waals surface area contributed by atoms with E-state index in [4.69, 9.17) is 13.9 Å². The van der Waals surface area contributed by atoms with E-state index in [9.17, 15) is 9.59 Å². The Morgan fingerprint density at radius 2 is 1.76 bits per heavy atom. The van der Waals surface area contributed by atoms with Gasteiger partial charge in [-0.3, -0.25) is 14.5 Å². The number of ether oxygens (including phenoxy) is 2. The van der Waals surface area contributed by atoms with E-state index in [1.165, 1.54) is 16.2 Å². The normalized spacial score (nSPS) is 15.1. The van der Waals surface area contributed by atoms with Crippen molar-refractivity contribution in [3.63, 3.8) is 0 Å². The summed E-state index contributed by atoms with van der Waals surface area (Å²) in [7, 11) is 0. The van der Waals surface area contributed by atoms with Crippen LogP contribution in [0.3, 0.4) is 0 Å². The first-order valence-corrected chi connectivity index (χ1v) is 12.0. The fourth-order valence-electron chi connectivity index (χ4n) is 4.15. The zero-order valence-electron chi connectivity index (χ0n) is 19.0. The molecule has 0 fully saturated rings. The lowest BCUT2D eigenvalue weighted by atomic mass is 9.98. The van der Waals surface area contributed by atoms with Crippen LogP contribution in [0.2, 0.25) is 0 Å². The highest BCUT2D eigenvalue weighted by molar-refractivity contribution is 7.15. The highest BCUT2D eigenvalue weighted by Gasteiger charge is 2.45. The first-order chi connectivity index (χ1) is 16.5. The van der Waals surface area contributed by atoms with Crippen LogP contribution in [0.1, 0.15) is 53.5 Å². The van der Waals surface area contributed by atoms with Crippen LogP contribution in [0.4, 0.5) is 5.13 Å². The molecule has 4 aromatic rings. The van der Waals surface area contributed by atoms with Crippen molar-refractivity contribution >= 4 is 33.3 Å². The number of rotatable bonds is 7. The lowest BCUT2D eigenvalue weighted by molar-refractivity contribution is 0.0970. The first-order valence-electron chi connectivity index (χ1n) is 11.2. The van der Waals surface area contributed by atoms with Gasteiger partial charge in [0.2, 0.25) is 10.9 Å². The Labute approximate surface area is 199 Å². The molecule has 2 aromatic carbocycles. The molecule has 0 saturated carbocycles. The molecule has 2 aromatic heterocycles. The van der Waals surface area contributed by atoms with E-state index in [1.807, 2.05) is 45.0 Å². The zero-order chi connectivity index (χ0) is 23.8. The monoisotopic (exact) mass is 477 g/mol. The van der Waals surface area contributed by atoms with Gasteiger partial charge in [-0.2, -0.15) is 0 Å². The Kier molecular flexibility index (Phi) is 5.79. The summed E-state index contributed by atoms with van der Waals surface area (Å²) in [6.45, 7) is 6.72. The van der Waals surface area contributed by atoms with Crippen molar-refractivity contribution < 1.29 is 18.7 Å². The molecule has 1 aliphatic rings. The maximum atomic E-state index is 13.7. The summed E-state index contributed by atoms with van der Waals surface area (Å²) in [5.41, 5.74) is 1.05. The SMILES string of the molecule is CCOc1cccc(C2c3c(oc4cc(OCC)ccc4c3=O)C(=O)N2c2nnc(CC)s2)c1. The van der Waals surface area contributed by atoms with E-state index < -0.39 is 11.9 Å². The zero-order valence-corrected chi connectivity index (χ0v) is 19.8. The average molecular weight is 478 g/mol. The molecule has 9 heteroatoms. The van der Waals surface area contributed by atoms with Crippen LogP contribution in [0.5, 0.6) is 11.5 Å². The highest BCUT2D eigenvalue weighted by atomic mass is 32.1. The highest BCUT2D eigenvalue weighted by Crippen LogP contribution is 2.43. The van der Waals surface area contributed by atoms with Gasteiger partial charge in [-0.05, 0) is 50.1 Å². The number of hydrogen-bond donors (Lipinski definition) is 0. The summed E-state index contributed by atoms with van der Waals surface area (Å²) in [5.74, 6) is 0.796. The lowest BCUT2D eigenvalue weighted by Gasteiger charge is -2.22. The van der Waals surface area contributed by atoms with Crippen molar-refractivity contribution in [2.24, 2.45) is 0 Å². The molecule has 0 bridgehead atoms. The Balaban J connectivity index is 1.74. The Morgan fingerprint density at radius 1 is 1.00 bits per heavy atom. The van der Waals surface area contributed by atoms with Crippen molar-refractivity contribution in [2.75, 3.05) is 18.1 Å². The smallest absolute Gasteiger partial charge is 0.297 e. The van der Waals surface area contributed by atoms with Crippen molar-refractivity contribution in [3.05, 3.63) is 74.6 Å². The number of carbonyl (C=O) groups is 1. The minimum atomic E-state index is -0.715. The number of benzene rings is 2.